The lowest BCUT2D eigenvalue weighted by Gasteiger charge is -1.85. The average Bonchev–Trinajstić information content (AvgIpc) is 2.47. The molecule has 0 aliphatic heterocycles. The van der Waals surface area contributed by atoms with Crippen molar-refractivity contribution in [3.05, 3.63) is 30.0 Å². The summed E-state index contributed by atoms with van der Waals surface area (Å²) < 4.78 is 4.98. The van der Waals surface area contributed by atoms with Crippen molar-refractivity contribution in [3.63, 3.8) is 0 Å². The molecule has 2 aromatic rings. The van der Waals surface area contributed by atoms with Crippen LogP contribution in [0, 0.1) is 0 Å². The number of alkyl halides is 1. The fourth-order valence-electron chi connectivity index (χ4n) is 1.04. The summed E-state index contributed by atoms with van der Waals surface area (Å²) >= 11 is 5.61. The Morgan fingerprint density at radius 2 is 2.18 bits per heavy atom. The van der Waals surface area contributed by atoms with Gasteiger partial charge in [-0.2, -0.15) is 0 Å². The van der Waals surface area contributed by atoms with E-state index >= 15 is 0 Å². The molecule has 0 atom stereocenters. The highest BCUT2D eigenvalue weighted by molar-refractivity contribution is 6.17. The second kappa shape index (κ2) is 2.55. The lowest BCUT2D eigenvalue weighted by atomic mass is 10.2. The Kier molecular flexibility index (Phi) is 1.55. The molecule has 0 aliphatic carbocycles. The van der Waals surface area contributed by atoms with Gasteiger partial charge in [0.1, 0.15) is 5.52 Å². The molecule has 0 aliphatic rings. The lowest BCUT2D eigenvalue weighted by molar-refractivity contribution is 0.402. The molecule has 2 nitrogen and oxygen atoms in total. The fraction of sp³-hybridized carbons (Fsp3) is 0.125. The van der Waals surface area contributed by atoms with Crippen molar-refractivity contribution in [1.82, 2.24) is 5.16 Å². The van der Waals surface area contributed by atoms with Crippen LogP contribution in [-0.4, -0.2) is 5.16 Å². The highest BCUT2D eigenvalue weighted by Gasteiger charge is 2.04. The summed E-state index contributed by atoms with van der Waals surface area (Å²) in [5.41, 5.74) is 0.864. The zero-order valence-corrected chi connectivity index (χ0v) is 6.51. The number of aromatic nitrogens is 1. The molecular weight excluding hydrogens is 162 g/mol. The monoisotopic (exact) mass is 167 g/mol. The second-order valence-electron chi connectivity index (χ2n) is 2.26. The third-order valence-corrected chi connectivity index (χ3v) is 1.82. The van der Waals surface area contributed by atoms with Crippen molar-refractivity contribution < 1.29 is 4.52 Å². The molecule has 1 aromatic heterocycles. The van der Waals surface area contributed by atoms with Crippen LogP contribution in [0.25, 0.3) is 10.9 Å². The van der Waals surface area contributed by atoms with Crippen molar-refractivity contribution in [2.24, 2.45) is 0 Å². The smallest absolute Gasteiger partial charge is 0.159 e. The normalized spacial score (nSPS) is 10.6. The van der Waals surface area contributed by atoms with Gasteiger partial charge in [0.15, 0.2) is 5.76 Å². The van der Waals surface area contributed by atoms with Crippen LogP contribution in [0.3, 0.4) is 0 Å². The molecule has 1 aromatic carbocycles. The van der Waals surface area contributed by atoms with Crippen LogP contribution in [0.1, 0.15) is 5.76 Å². The Labute approximate surface area is 68.7 Å². The van der Waals surface area contributed by atoms with Gasteiger partial charge < -0.3 is 4.52 Å². The van der Waals surface area contributed by atoms with Crippen molar-refractivity contribution in [1.29, 1.82) is 0 Å². The first-order valence-corrected chi connectivity index (χ1v) is 3.84. The predicted octanol–water partition coefficient (Wildman–Crippen LogP) is 2.57. The molecule has 0 saturated carbocycles. The van der Waals surface area contributed by atoms with Crippen LogP contribution in [0.4, 0.5) is 0 Å². The van der Waals surface area contributed by atoms with Crippen LogP contribution in [-0.2, 0) is 5.88 Å². The molecule has 0 bridgehead atoms. The van der Waals surface area contributed by atoms with Crippen LogP contribution >= 0.6 is 11.6 Å². The van der Waals surface area contributed by atoms with E-state index in [4.69, 9.17) is 16.1 Å². The van der Waals surface area contributed by atoms with Gasteiger partial charge >= 0.3 is 0 Å². The largest absolute Gasteiger partial charge is 0.359 e. The van der Waals surface area contributed by atoms with Gasteiger partial charge in [-0.1, -0.05) is 17.3 Å². The van der Waals surface area contributed by atoms with Crippen molar-refractivity contribution in [2.45, 2.75) is 5.88 Å². The zero-order valence-electron chi connectivity index (χ0n) is 5.75. The summed E-state index contributed by atoms with van der Waals surface area (Å²) in [5, 5.41) is 4.83. The summed E-state index contributed by atoms with van der Waals surface area (Å²) in [6.07, 6.45) is 0. The van der Waals surface area contributed by atoms with Crippen molar-refractivity contribution in [2.75, 3.05) is 0 Å². The Balaban J connectivity index is 2.76. The van der Waals surface area contributed by atoms with Gasteiger partial charge in [-0.25, -0.2) is 0 Å². The maximum Gasteiger partial charge on any atom is 0.159 e. The van der Waals surface area contributed by atoms with Crippen LogP contribution < -0.4 is 0 Å². The molecule has 0 spiro atoms. The van der Waals surface area contributed by atoms with Gasteiger partial charge in [0.25, 0.3) is 0 Å². The van der Waals surface area contributed by atoms with E-state index in [1.165, 1.54) is 0 Å². The number of hydrogen-bond acceptors (Lipinski definition) is 2. The van der Waals surface area contributed by atoms with Crippen molar-refractivity contribution >= 4 is 22.5 Å². The first kappa shape index (κ1) is 6.68. The Hall–Kier alpha value is -1.02. The Morgan fingerprint density at radius 1 is 1.36 bits per heavy atom. The second-order valence-corrected chi connectivity index (χ2v) is 2.52. The number of nitrogens with zero attached hydrogens (tertiary/aromatic N) is 1. The molecule has 1 heterocycles. The van der Waals surface area contributed by atoms with Crippen LogP contribution in [0.2, 0.25) is 0 Å². The van der Waals surface area contributed by atoms with Gasteiger partial charge in [-0.3, -0.25) is 0 Å². The van der Waals surface area contributed by atoms with Gasteiger partial charge in [0.2, 0.25) is 0 Å². The summed E-state index contributed by atoms with van der Waals surface area (Å²) in [7, 11) is 0. The van der Waals surface area contributed by atoms with Crippen molar-refractivity contribution in [3.8, 4) is 0 Å². The summed E-state index contributed by atoms with van der Waals surface area (Å²) in [4.78, 5) is 0. The highest BCUT2D eigenvalue weighted by atomic mass is 35.5. The summed E-state index contributed by atoms with van der Waals surface area (Å²) in [6, 6.07) is 7.71. The molecule has 0 fully saturated rings. The Bertz CT molecular complexity index is 369. The molecule has 0 N–H and O–H groups in total. The first-order chi connectivity index (χ1) is 5.42. The van der Waals surface area contributed by atoms with E-state index in [0.717, 1.165) is 16.7 Å². The molecule has 0 radical (unpaired) electrons. The number of halogens is 1. The average molecular weight is 168 g/mol. The highest BCUT2D eigenvalue weighted by Crippen LogP contribution is 2.18. The summed E-state index contributed by atoms with van der Waals surface area (Å²) in [5.74, 6) is 1.11. The lowest BCUT2D eigenvalue weighted by Crippen LogP contribution is -1.70. The van der Waals surface area contributed by atoms with Gasteiger partial charge in [-0.15, -0.1) is 11.6 Å². The van der Waals surface area contributed by atoms with Crippen LogP contribution in [0.15, 0.2) is 28.8 Å². The topological polar surface area (TPSA) is 26.0 Å². The Morgan fingerprint density at radius 3 is 3.00 bits per heavy atom. The standard InChI is InChI=1S/C8H6ClNO/c9-5-8-6-3-1-2-4-7(6)10-11-8/h1-4H,5H2. The molecular formula is C8H6ClNO. The molecule has 0 saturated heterocycles. The maximum atomic E-state index is 5.61. The van der Waals surface area contributed by atoms with E-state index in [-0.39, 0.29) is 0 Å². The molecule has 11 heavy (non-hydrogen) atoms. The quantitative estimate of drug-likeness (QED) is 0.611. The van der Waals surface area contributed by atoms with E-state index < -0.39 is 0 Å². The maximum absolute atomic E-state index is 5.61. The van der Waals surface area contributed by atoms with E-state index in [2.05, 4.69) is 5.16 Å². The minimum atomic E-state index is 0.376. The van der Waals surface area contributed by atoms with Crippen LogP contribution in [0.5, 0.6) is 0 Å². The third kappa shape index (κ3) is 0.994. The number of hydrogen-bond donors (Lipinski definition) is 0. The molecule has 56 valence electrons. The van der Waals surface area contributed by atoms with Gasteiger partial charge in [0.05, 0.1) is 5.88 Å². The third-order valence-electron chi connectivity index (χ3n) is 1.58. The zero-order chi connectivity index (χ0) is 7.68. The first-order valence-electron chi connectivity index (χ1n) is 3.31. The number of fused-ring (bicyclic) bond motifs is 1. The number of rotatable bonds is 1. The molecule has 0 unspecified atom stereocenters. The molecule has 3 heteroatoms. The predicted molar refractivity (Wildman–Crippen MR) is 43.6 cm³/mol. The fourth-order valence-corrected chi connectivity index (χ4v) is 1.23. The van der Waals surface area contributed by atoms with E-state index in [1.54, 1.807) is 0 Å². The van der Waals surface area contributed by atoms with Gasteiger partial charge in [-0.05, 0) is 12.1 Å². The molecule has 2 rings (SSSR count). The SMILES string of the molecule is ClCc1onc2ccccc12. The van der Waals surface area contributed by atoms with Gasteiger partial charge in [0, 0.05) is 5.39 Å². The molecule has 0 amide bonds. The van der Waals surface area contributed by atoms with E-state index in [0.29, 0.717) is 5.88 Å². The number of benzene rings is 1. The van der Waals surface area contributed by atoms with E-state index in [1.807, 2.05) is 24.3 Å². The summed E-state index contributed by atoms with van der Waals surface area (Å²) in [6.45, 7) is 0. The minimum absolute atomic E-state index is 0.376. The minimum Gasteiger partial charge on any atom is -0.359 e. The van der Waals surface area contributed by atoms with E-state index in [9.17, 15) is 0 Å².